The number of hydrogen-bond acceptors (Lipinski definition) is 5. The molecule has 0 saturated heterocycles. The minimum atomic E-state index is -0.422. The zero-order chi connectivity index (χ0) is 19.1. The lowest BCUT2D eigenvalue weighted by Crippen LogP contribution is -2.39. The van der Waals surface area contributed by atoms with E-state index in [1.807, 2.05) is 6.92 Å². The van der Waals surface area contributed by atoms with E-state index < -0.39 is 11.8 Å². The number of benzene rings is 1. The Kier molecular flexibility index (Phi) is 4.81. The van der Waals surface area contributed by atoms with Crippen LogP contribution in [-0.4, -0.2) is 29.0 Å². The molecular weight excluding hydrogens is 366 g/mol. The molecule has 0 radical (unpaired) electrons. The standard InChI is InChI=1S/C21H22ClNO4/c1-2-27-17-10-11(9-12(22)21(17)26)18-19-13(5-3-7-15(19)24)23-14-6-4-8-16(25)20(14)18/h9-10,18-19,26H,2-8H2,1H3/t18-,19?/m0/s1. The first-order chi connectivity index (χ1) is 13.0. The third kappa shape index (κ3) is 3.08. The predicted molar refractivity (Wildman–Crippen MR) is 103 cm³/mol. The summed E-state index contributed by atoms with van der Waals surface area (Å²) in [6.45, 7) is 2.20. The number of ketones is 2. The molecule has 27 heavy (non-hydrogen) atoms. The fraction of sp³-hybridized carbons (Fsp3) is 0.476. The van der Waals surface area contributed by atoms with Crippen LogP contribution < -0.4 is 4.74 Å². The minimum Gasteiger partial charge on any atom is -0.503 e. The van der Waals surface area contributed by atoms with Gasteiger partial charge in [0.15, 0.2) is 17.3 Å². The number of halogens is 1. The van der Waals surface area contributed by atoms with Crippen molar-refractivity contribution in [2.75, 3.05) is 6.61 Å². The second kappa shape index (κ2) is 7.12. The highest BCUT2D eigenvalue weighted by Gasteiger charge is 2.44. The molecule has 6 heteroatoms. The number of fused-ring (bicyclic) bond motifs is 1. The van der Waals surface area contributed by atoms with Crippen LogP contribution in [0.2, 0.25) is 5.02 Å². The van der Waals surface area contributed by atoms with Crippen LogP contribution in [0.15, 0.2) is 28.4 Å². The average molecular weight is 388 g/mol. The Morgan fingerprint density at radius 1 is 1.15 bits per heavy atom. The van der Waals surface area contributed by atoms with Gasteiger partial charge in [0, 0.05) is 35.7 Å². The monoisotopic (exact) mass is 387 g/mol. The quantitative estimate of drug-likeness (QED) is 0.836. The van der Waals surface area contributed by atoms with Crippen LogP contribution in [0.4, 0.5) is 0 Å². The molecule has 1 saturated carbocycles. The Bertz CT molecular complexity index is 886. The number of allylic oxidation sites excluding steroid dienone is 2. The lowest BCUT2D eigenvalue weighted by Gasteiger charge is -2.38. The minimum absolute atomic E-state index is 0.0598. The number of aromatic hydroxyl groups is 1. The SMILES string of the molecule is CCOc1cc([C@@H]2C3=C(CCCC3=O)N=C3CCCC(=O)C32)cc(Cl)c1O. The maximum atomic E-state index is 12.8. The Morgan fingerprint density at radius 3 is 2.70 bits per heavy atom. The number of carbonyl (C=O) groups excluding carboxylic acids is 2. The highest BCUT2D eigenvalue weighted by atomic mass is 35.5. The molecule has 3 aliphatic rings. The number of hydrogen-bond donors (Lipinski definition) is 1. The van der Waals surface area contributed by atoms with Crippen molar-refractivity contribution in [2.24, 2.45) is 10.9 Å². The van der Waals surface area contributed by atoms with Gasteiger partial charge < -0.3 is 9.84 Å². The first-order valence-corrected chi connectivity index (χ1v) is 9.90. The number of phenols is 1. The van der Waals surface area contributed by atoms with Crippen molar-refractivity contribution in [1.82, 2.24) is 0 Å². The first-order valence-electron chi connectivity index (χ1n) is 9.52. The van der Waals surface area contributed by atoms with E-state index in [-0.39, 0.29) is 28.1 Å². The zero-order valence-electron chi connectivity index (χ0n) is 15.3. The first kappa shape index (κ1) is 18.2. The number of carbonyl (C=O) groups is 2. The van der Waals surface area contributed by atoms with E-state index >= 15 is 0 Å². The molecular formula is C21H22ClNO4. The van der Waals surface area contributed by atoms with Crippen LogP contribution in [0.25, 0.3) is 0 Å². The van der Waals surface area contributed by atoms with Gasteiger partial charge in [-0.15, -0.1) is 0 Å². The lowest BCUT2D eigenvalue weighted by atomic mass is 9.67. The summed E-state index contributed by atoms with van der Waals surface area (Å²) in [6.07, 6.45) is 4.11. The molecule has 1 aromatic rings. The molecule has 1 N–H and O–H groups in total. The van der Waals surface area contributed by atoms with Crippen LogP contribution in [0, 0.1) is 5.92 Å². The summed E-state index contributed by atoms with van der Waals surface area (Å²) >= 11 is 6.25. The number of nitrogens with zero attached hydrogens (tertiary/aromatic N) is 1. The second-order valence-corrected chi connectivity index (χ2v) is 7.71. The van der Waals surface area contributed by atoms with Crippen molar-refractivity contribution in [1.29, 1.82) is 0 Å². The van der Waals surface area contributed by atoms with Crippen LogP contribution in [0.3, 0.4) is 0 Å². The Hall–Kier alpha value is -2.14. The van der Waals surface area contributed by atoms with E-state index in [2.05, 4.69) is 0 Å². The van der Waals surface area contributed by atoms with E-state index in [1.54, 1.807) is 12.1 Å². The number of ether oxygens (including phenoxy) is 1. The topological polar surface area (TPSA) is 76.0 Å². The molecule has 0 bridgehead atoms. The lowest BCUT2D eigenvalue weighted by molar-refractivity contribution is -0.122. The number of rotatable bonds is 3. The van der Waals surface area contributed by atoms with Gasteiger partial charge in [0.2, 0.25) is 0 Å². The van der Waals surface area contributed by atoms with Crippen molar-refractivity contribution < 1.29 is 19.4 Å². The van der Waals surface area contributed by atoms with Gasteiger partial charge >= 0.3 is 0 Å². The van der Waals surface area contributed by atoms with Gasteiger partial charge in [-0.25, -0.2) is 0 Å². The Morgan fingerprint density at radius 2 is 1.93 bits per heavy atom. The molecule has 1 unspecified atom stereocenters. The second-order valence-electron chi connectivity index (χ2n) is 7.30. The third-order valence-corrected chi connectivity index (χ3v) is 5.91. The summed E-state index contributed by atoms with van der Waals surface area (Å²) in [5.74, 6) is -0.481. The van der Waals surface area contributed by atoms with Gasteiger partial charge in [0.1, 0.15) is 5.78 Å². The normalized spacial score (nSPS) is 25.0. The van der Waals surface area contributed by atoms with Crippen LogP contribution in [-0.2, 0) is 9.59 Å². The van der Waals surface area contributed by atoms with Gasteiger partial charge in [-0.1, -0.05) is 11.6 Å². The highest BCUT2D eigenvalue weighted by molar-refractivity contribution is 6.32. The Labute approximate surface area is 163 Å². The van der Waals surface area contributed by atoms with E-state index in [0.717, 1.165) is 42.7 Å². The highest BCUT2D eigenvalue weighted by Crippen LogP contribution is 2.48. The molecule has 2 aliphatic carbocycles. The summed E-state index contributed by atoms with van der Waals surface area (Å²) in [4.78, 5) is 30.4. The summed E-state index contributed by atoms with van der Waals surface area (Å²) < 4.78 is 5.52. The molecule has 1 fully saturated rings. The molecule has 1 aliphatic heterocycles. The number of aliphatic imine (C=N–C) groups is 1. The molecule has 5 nitrogen and oxygen atoms in total. The maximum Gasteiger partial charge on any atom is 0.176 e. The van der Waals surface area contributed by atoms with Crippen molar-refractivity contribution >= 4 is 28.9 Å². The Balaban J connectivity index is 1.90. The number of Topliss-reactive ketones (excluding diaryl/α,β-unsaturated/α-hetero) is 2. The van der Waals surface area contributed by atoms with Gasteiger partial charge in [0.25, 0.3) is 0 Å². The summed E-state index contributed by atoms with van der Waals surface area (Å²) in [5, 5.41) is 10.4. The summed E-state index contributed by atoms with van der Waals surface area (Å²) in [5.41, 5.74) is 3.08. The van der Waals surface area contributed by atoms with Gasteiger partial charge in [-0.05, 0) is 50.3 Å². The van der Waals surface area contributed by atoms with Crippen LogP contribution >= 0.6 is 11.6 Å². The molecule has 1 heterocycles. The predicted octanol–water partition coefficient (Wildman–Crippen LogP) is 4.36. The van der Waals surface area contributed by atoms with Crippen LogP contribution in [0.1, 0.15) is 56.9 Å². The largest absolute Gasteiger partial charge is 0.503 e. The fourth-order valence-electron chi connectivity index (χ4n) is 4.50. The van der Waals surface area contributed by atoms with Gasteiger partial charge in [-0.2, -0.15) is 0 Å². The fourth-order valence-corrected chi connectivity index (χ4v) is 4.72. The smallest absolute Gasteiger partial charge is 0.176 e. The van der Waals surface area contributed by atoms with E-state index in [9.17, 15) is 14.7 Å². The molecule has 0 aromatic heterocycles. The van der Waals surface area contributed by atoms with Crippen molar-refractivity contribution in [2.45, 2.75) is 51.4 Å². The third-order valence-electron chi connectivity index (χ3n) is 5.62. The van der Waals surface area contributed by atoms with Crippen LogP contribution in [0.5, 0.6) is 11.5 Å². The van der Waals surface area contributed by atoms with Gasteiger partial charge in [-0.3, -0.25) is 14.6 Å². The summed E-state index contributed by atoms with van der Waals surface area (Å²) in [6, 6.07) is 3.37. The molecule has 4 rings (SSSR count). The molecule has 1 aromatic carbocycles. The van der Waals surface area contributed by atoms with E-state index in [4.69, 9.17) is 21.3 Å². The molecule has 142 valence electrons. The average Bonchev–Trinajstić information content (AvgIpc) is 2.64. The molecule has 0 spiro atoms. The molecule has 2 atom stereocenters. The van der Waals surface area contributed by atoms with E-state index in [0.29, 0.717) is 25.0 Å². The molecule has 0 amide bonds. The van der Waals surface area contributed by atoms with Crippen molar-refractivity contribution in [3.05, 3.63) is 34.0 Å². The van der Waals surface area contributed by atoms with Crippen molar-refractivity contribution in [3.63, 3.8) is 0 Å². The van der Waals surface area contributed by atoms with E-state index in [1.165, 1.54) is 0 Å². The van der Waals surface area contributed by atoms with Crippen molar-refractivity contribution in [3.8, 4) is 11.5 Å². The summed E-state index contributed by atoms with van der Waals surface area (Å²) in [7, 11) is 0. The zero-order valence-corrected chi connectivity index (χ0v) is 16.0. The maximum absolute atomic E-state index is 12.8. The number of phenolic OH excluding ortho intramolecular Hbond substituents is 1. The van der Waals surface area contributed by atoms with Gasteiger partial charge in [0.05, 0.1) is 17.5 Å².